The number of methoxy groups -OCH3 is 1. The van der Waals surface area contributed by atoms with Crippen LogP contribution in [0.15, 0.2) is 17.3 Å². The number of hydrogen-bond donors (Lipinski definition) is 0. The SMILES string of the molecule is COC(=O)C(C)Oc1c(F)cc(C=O)cc1N=O. The monoisotopic (exact) mass is 255 g/mol. The summed E-state index contributed by atoms with van der Waals surface area (Å²) in [7, 11) is 1.15. The third-order valence-electron chi connectivity index (χ3n) is 2.11. The van der Waals surface area contributed by atoms with Gasteiger partial charge in [0.1, 0.15) is 6.29 Å². The van der Waals surface area contributed by atoms with E-state index < -0.39 is 29.3 Å². The maximum atomic E-state index is 13.6. The molecule has 0 fully saturated rings. The molecule has 6 nitrogen and oxygen atoms in total. The molecule has 0 aromatic heterocycles. The van der Waals surface area contributed by atoms with Crippen LogP contribution in [-0.4, -0.2) is 25.5 Å². The van der Waals surface area contributed by atoms with Gasteiger partial charge in [-0.25, -0.2) is 9.18 Å². The molecule has 0 bridgehead atoms. The lowest BCUT2D eigenvalue weighted by atomic mass is 10.2. The van der Waals surface area contributed by atoms with Crippen molar-refractivity contribution in [3.05, 3.63) is 28.4 Å². The topological polar surface area (TPSA) is 82.0 Å². The molecule has 0 radical (unpaired) electrons. The number of aldehydes is 1. The summed E-state index contributed by atoms with van der Waals surface area (Å²) >= 11 is 0. The third-order valence-corrected chi connectivity index (χ3v) is 2.11. The quantitative estimate of drug-likeness (QED) is 0.456. The minimum Gasteiger partial charge on any atom is -0.474 e. The van der Waals surface area contributed by atoms with E-state index in [-0.39, 0.29) is 5.56 Å². The highest BCUT2D eigenvalue weighted by atomic mass is 19.1. The van der Waals surface area contributed by atoms with Crippen molar-refractivity contribution in [1.82, 2.24) is 0 Å². The first-order valence-corrected chi connectivity index (χ1v) is 4.90. The van der Waals surface area contributed by atoms with Crippen LogP contribution in [0.4, 0.5) is 10.1 Å². The second-order valence-electron chi connectivity index (χ2n) is 3.34. The molecular weight excluding hydrogens is 245 g/mol. The molecule has 18 heavy (non-hydrogen) atoms. The fourth-order valence-electron chi connectivity index (χ4n) is 1.24. The van der Waals surface area contributed by atoms with Crippen LogP contribution in [0.5, 0.6) is 5.75 Å². The second-order valence-corrected chi connectivity index (χ2v) is 3.34. The predicted octanol–water partition coefficient (Wildman–Crippen LogP) is 1.98. The first-order valence-electron chi connectivity index (χ1n) is 4.90. The van der Waals surface area contributed by atoms with Crippen molar-refractivity contribution in [3.8, 4) is 5.75 Å². The van der Waals surface area contributed by atoms with Crippen LogP contribution in [0.1, 0.15) is 17.3 Å². The Labute approximate surface area is 102 Å². The lowest BCUT2D eigenvalue weighted by Crippen LogP contribution is -2.25. The smallest absolute Gasteiger partial charge is 0.346 e. The number of carbonyl (C=O) groups excluding carboxylic acids is 2. The normalized spacial score (nSPS) is 11.5. The lowest BCUT2D eigenvalue weighted by Gasteiger charge is -2.14. The molecule has 0 amide bonds. The number of nitrogens with zero attached hydrogens (tertiary/aromatic N) is 1. The highest BCUT2D eigenvalue weighted by molar-refractivity contribution is 5.79. The zero-order chi connectivity index (χ0) is 13.7. The summed E-state index contributed by atoms with van der Waals surface area (Å²) < 4.78 is 22.9. The number of carbonyl (C=O) groups is 2. The minimum absolute atomic E-state index is 0.0554. The fraction of sp³-hybridized carbons (Fsp3) is 0.273. The van der Waals surface area contributed by atoms with Crippen molar-refractivity contribution in [1.29, 1.82) is 0 Å². The van der Waals surface area contributed by atoms with Crippen LogP contribution >= 0.6 is 0 Å². The Bertz CT molecular complexity index is 489. The van der Waals surface area contributed by atoms with Crippen LogP contribution in [-0.2, 0) is 9.53 Å². The number of nitroso groups, excluding NO2 is 1. The van der Waals surface area contributed by atoms with Crippen molar-refractivity contribution in [2.45, 2.75) is 13.0 Å². The zero-order valence-corrected chi connectivity index (χ0v) is 9.68. The Hall–Kier alpha value is -2.31. The summed E-state index contributed by atoms with van der Waals surface area (Å²) in [5, 5.41) is 2.55. The largest absolute Gasteiger partial charge is 0.474 e. The van der Waals surface area contributed by atoms with Crippen LogP contribution in [0.2, 0.25) is 0 Å². The maximum absolute atomic E-state index is 13.6. The molecule has 96 valence electrons. The Kier molecular flexibility index (Phi) is 4.47. The number of halogens is 1. The number of hydrogen-bond acceptors (Lipinski definition) is 6. The first kappa shape index (κ1) is 13.8. The maximum Gasteiger partial charge on any atom is 0.346 e. The van der Waals surface area contributed by atoms with E-state index in [0.29, 0.717) is 6.29 Å². The van der Waals surface area contributed by atoms with Gasteiger partial charge in [-0.15, -0.1) is 4.91 Å². The van der Waals surface area contributed by atoms with Gasteiger partial charge in [0.2, 0.25) is 0 Å². The van der Waals surface area contributed by atoms with Crippen molar-refractivity contribution in [2.75, 3.05) is 7.11 Å². The number of ether oxygens (including phenoxy) is 2. The highest BCUT2D eigenvalue weighted by Crippen LogP contribution is 2.32. The van der Waals surface area contributed by atoms with E-state index in [1.165, 1.54) is 6.92 Å². The van der Waals surface area contributed by atoms with E-state index in [2.05, 4.69) is 9.91 Å². The van der Waals surface area contributed by atoms with Gasteiger partial charge < -0.3 is 9.47 Å². The molecule has 0 N–H and O–H groups in total. The fourth-order valence-corrected chi connectivity index (χ4v) is 1.24. The van der Waals surface area contributed by atoms with Crippen LogP contribution in [0.25, 0.3) is 0 Å². The summed E-state index contributed by atoms with van der Waals surface area (Å²) in [4.78, 5) is 32.1. The van der Waals surface area contributed by atoms with Crippen molar-refractivity contribution < 1.29 is 23.5 Å². The van der Waals surface area contributed by atoms with Crippen LogP contribution < -0.4 is 4.74 Å². The van der Waals surface area contributed by atoms with Gasteiger partial charge in [-0.1, -0.05) is 0 Å². The molecule has 0 saturated carbocycles. The zero-order valence-electron chi connectivity index (χ0n) is 9.68. The minimum atomic E-state index is -1.10. The van der Waals surface area contributed by atoms with Gasteiger partial charge in [-0.3, -0.25) is 4.79 Å². The summed E-state index contributed by atoms with van der Waals surface area (Å²) in [6, 6.07) is 1.93. The van der Waals surface area contributed by atoms with Gasteiger partial charge in [-0.05, 0) is 24.2 Å². The third kappa shape index (κ3) is 2.88. The molecule has 0 aliphatic rings. The van der Waals surface area contributed by atoms with E-state index in [9.17, 15) is 18.9 Å². The molecule has 0 heterocycles. The average Bonchev–Trinajstić information content (AvgIpc) is 2.39. The Morgan fingerprint density at radius 1 is 1.50 bits per heavy atom. The van der Waals surface area contributed by atoms with Gasteiger partial charge in [0.25, 0.3) is 0 Å². The molecule has 0 saturated heterocycles. The predicted molar refractivity (Wildman–Crippen MR) is 59.3 cm³/mol. The van der Waals surface area contributed by atoms with Gasteiger partial charge >= 0.3 is 5.97 Å². The number of rotatable bonds is 5. The van der Waals surface area contributed by atoms with E-state index in [1.807, 2.05) is 0 Å². The van der Waals surface area contributed by atoms with Gasteiger partial charge in [0.05, 0.1) is 7.11 Å². The Morgan fingerprint density at radius 2 is 2.17 bits per heavy atom. The summed E-state index contributed by atoms with van der Waals surface area (Å²) in [5.41, 5.74) is -0.451. The van der Waals surface area contributed by atoms with E-state index in [1.54, 1.807) is 0 Å². The van der Waals surface area contributed by atoms with Crippen molar-refractivity contribution in [2.24, 2.45) is 5.18 Å². The van der Waals surface area contributed by atoms with E-state index in [4.69, 9.17) is 4.74 Å². The lowest BCUT2D eigenvalue weighted by molar-refractivity contribution is -0.147. The molecule has 1 aromatic rings. The molecule has 7 heteroatoms. The van der Waals surface area contributed by atoms with Crippen LogP contribution in [0, 0.1) is 10.7 Å². The van der Waals surface area contributed by atoms with Crippen molar-refractivity contribution in [3.63, 3.8) is 0 Å². The Balaban J connectivity index is 3.12. The molecule has 1 unspecified atom stereocenters. The summed E-state index contributed by atoms with van der Waals surface area (Å²) in [6.45, 7) is 1.33. The molecule has 1 aromatic carbocycles. The molecule has 1 atom stereocenters. The van der Waals surface area contributed by atoms with Gasteiger partial charge in [-0.2, -0.15) is 0 Å². The van der Waals surface area contributed by atoms with E-state index >= 15 is 0 Å². The van der Waals surface area contributed by atoms with Crippen LogP contribution in [0.3, 0.4) is 0 Å². The standard InChI is InChI=1S/C11H10FNO5/c1-6(11(15)17-2)18-10-8(12)3-7(5-14)4-9(10)13-16/h3-6H,1-2H3. The molecule has 0 aliphatic heterocycles. The number of benzene rings is 1. The van der Waals surface area contributed by atoms with Gasteiger partial charge in [0, 0.05) is 5.56 Å². The van der Waals surface area contributed by atoms with Crippen molar-refractivity contribution >= 4 is 17.9 Å². The molecular formula is C11H10FNO5. The number of esters is 1. The highest BCUT2D eigenvalue weighted by Gasteiger charge is 2.21. The Morgan fingerprint density at radius 3 is 2.67 bits per heavy atom. The van der Waals surface area contributed by atoms with E-state index in [0.717, 1.165) is 19.2 Å². The average molecular weight is 255 g/mol. The van der Waals surface area contributed by atoms with Gasteiger partial charge in [0.15, 0.2) is 23.4 Å². The molecule has 0 spiro atoms. The molecule has 1 rings (SSSR count). The molecule has 0 aliphatic carbocycles. The first-order chi connectivity index (χ1) is 8.53. The summed E-state index contributed by atoms with van der Waals surface area (Å²) in [5.74, 6) is -2.18. The summed E-state index contributed by atoms with van der Waals surface area (Å²) in [6.07, 6.45) is -0.738. The second kappa shape index (κ2) is 5.85.